The minimum absolute atomic E-state index is 0.0319. The summed E-state index contributed by atoms with van der Waals surface area (Å²) >= 11 is 0. The maximum absolute atomic E-state index is 12.7. The molecule has 0 aromatic heterocycles. The van der Waals surface area contributed by atoms with Gasteiger partial charge in [0.05, 0.1) is 11.5 Å². The van der Waals surface area contributed by atoms with E-state index in [-0.39, 0.29) is 11.8 Å². The summed E-state index contributed by atoms with van der Waals surface area (Å²) in [6.07, 6.45) is 2.19. The van der Waals surface area contributed by atoms with Gasteiger partial charge in [-0.2, -0.15) is 0 Å². The second kappa shape index (κ2) is 5.09. The second-order valence-corrected chi connectivity index (χ2v) is 6.18. The van der Waals surface area contributed by atoms with Gasteiger partial charge in [0, 0.05) is 25.3 Å². The molecule has 4 heteroatoms. The molecule has 0 bridgehead atoms. The minimum Gasteiger partial charge on any atom is -0.390 e. The molecule has 1 saturated heterocycles. The number of amides is 1. The fourth-order valence-corrected chi connectivity index (χ4v) is 3.15. The molecular formula is C16H22N2O2. The fourth-order valence-electron chi connectivity index (χ4n) is 3.15. The predicted octanol–water partition coefficient (Wildman–Crippen LogP) is 1.96. The molecule has 2 aliphatic heterocycles. The van der Waals surface area contributed by atoms with Crippen LogP contribution in [0.5, 0.6) is 0 Å². The van der Waals surface area contributed by atoms with Crippen molar-refractivity contribution in [2.75, 3.05) is 25.0 Å². The molecule has 1 unspecified atom stereocenters. The van der Waals surface area contributed by atoms with E-state index >= 15 is 0 Å². The zero-order chi connectivity index (χ0) is 14.2. The summed E-state index contributed by atoms with van der Waals surface area (Å²) in [5.41, 5.74) is 1.59. The molecule has 1 fully saturated rings. The van der Waals surface area contributed by atoms with Crippen LogP contribution in [0.2, 0.25) is 0 Å². The zero-order valence-corrected chi connectivity index (χ0v) is 11.9. The van der Waals surface area contributed by atoms with Gasteiger partial charge in [0.2, 0.25) is 5.91 Å². The Bertz CT molecular complexity index is 503. The van der Waals surface area contributed by atoms with Gasteiger partial charge in [-0.25, -0.2) is 0 Å². The quantitative estimate of drug-likeness (QED) is 0.823. The monoisotopic (exact) mass is 274 g/mol. The third-order valence-electron chi connectivity index (χ3n) is 4.54. The molecule has 4 nitrogen and oxygen atoms in total. The highest BCUT2D eigenvalue weighted by molar-refractivity contribution is 5.86. The third-order valence-corrected chi connectivity index (χ3v) is 4.54. The standard InChI is InChI=1S/C16H22N2O2/c1-16(20)7-10-18(11-8-16)15(19)13-6-9-17-14-5-3-2-4-12(13)14/h2-5,13,17,20H,6-11H2,1H3. The van der Waals surface area contributed by atoms with Crippen molar-refractivity contribution in [3.63, 3.8) is 0 Å². The van der Waals surface area contributed by atoms with Crippen molar-refractivity contribution in [1.29, 1.82) is 0 Å². The number of rotatable bonds is 1. The third kappa shape index (κ3) is 2.52. The number of aliphatic hydroxyl groups is 1. The highest BCUT2D eigenvalue weighted by atomic mass is 16.3. The Hall–Kier alpha value is -1.55. The van der Waals surface area contributed by atoms with Crippen molar-refractivity contribution in [3.8, 4) is 0 Å². The number of anilines is 1. The average Bonchev–Trinajstić information content (AvgIpc) is 2.46. The number of fused-ring (bicyclic) bond motifs is 1. The Morgan fingerprint density at radius 3 is 2.80 bits per heavy atom. The number of nitrogens with one attached hydrogen (secondary N) is 1. The summed E-state index contributed by atoms with van der Waals surface area (Å²) in [5.74, 6) is 0.185. The molecule has 0 radical (unpaired) electrons. The Morgan fingerprint density at radius 1 is 1.35 bits per heavy atom. The highest BCUT2D eigenvalue weighted by Crippen LogP contribution is 2.34. The first-order chi connectivity index (χ1) is 9.57. The molecule has 0 saturated carbocycles. The number of para-hydroxylation sites is 1. The normalized spacial score (nSPS) is 24.7. The molecule has 108 valence electrons. The van der Waals surface area contributed by atoms with E-state index in [1.165, 1.54) is 0 Å². The van der Waals surface area contributed by atoms with Crippen LogP contribution in [0.3, 0.4) is 0 Å². The molecular weight excluding hydrogens is 252 g/mol. The summed E-state index contributed by atoms with van der Waals surface area (Å²) in [6.45, 7) is 4.03. The molecule has 0 aliphatic carbocycles. The summed E-state index contributed by atoms with van der Waals surface area (Å²) in [4.78, 5) is 14.7. The van der Waals surface area contributed by atoms with Gasteiger partial charge in [0.15, 0.2) is 0 Å². The molecule has 1 aromatic rings. The van der Waals surface area contributed by atoms with Crippen LogP contribution in [-0.2, 0) is 4.79 Å². The summed E-state index contributed by atoms with van der Waals surface area (Å²) in [5, 5.41) is 13.3. The van der Waals surface area contributed by atoms with Crippen molar-refractivity contribution in [3.05, 3.63) is 29.8 Å². The van der Waals surface area contributed by atoms with Gasteiger partial charge in [-0.05, 0) is 37.8 Å². The van der Waals surface area contributed by atoms with Crippen LogP contribution >= 0.6 is 0 Å². The lowest BCUT2D eigenvalue weighted by Crippen LogP contribution is -2.47. The first-order valence-electron chi connectivity index (χ1n) is 7.41. The van der Waals surface area contributed by atoms with Gasteiger partial charge in [0.25, 0.3) is 0 Å². The van der Waals surface area contributed by atoms with Crippen LogP contribution in [0, 0.1) is 0 Å². The molecule has 2 N–H and O–H groups in total. The molecule has 20 heavy (non-hydrogen) atoms. The number of hydrogen-bond donors (Lipinski definition) is 2. The maximum Gasteiger partial charge on any atom is 0.230 e. The lowest BCUT2D eigenvalue weighted by molar-refractivity contribution is -0.136. The minimum atomic E-state index is -0.608. The summed E-state index contributed by atoms with van der Waals surface area (Å²) in [7, 11) is 0. The first-order valence-corrected chi connectivity index (χ1v) is 7.41. The number of carbonyl (C=O) groups is 1. The van der Waals surface area contributed by atoms with Crippen LogP contribution in [0.25, 0.3) is 0 Å². The van der Waals surface area contributed by atoms with Crippen LogP contribution in [-0.4, -0.2) is 41.1 Å². The van der Waals surface area contributed by atoms with E-state index < -0.39 is 5.60 Å². The van der Waals surface area contributed by atoms with Crippen molar-refractivity contribution >= 4 is 11.6 Å². The number of carbonyl (C=O) groups excluding carboxylic acids is 1. The van der Waals surface area contributed by atoms with E-state index in [2.05, 4.69) is 5.32 Å². The summed E-state index contributed by atoms with van der Waals surface area (Å²) in [6, 6.07) is 8.07. The van der Waals surface area contributed by atoms with E-state index in [1.807, 2.05) is 36.1 Å². The van der Waals surface area contributed by atoms with E-state index in [0.29, 0.717) is 25.9 Å². The van der Waals surface area contributed by atoms with Crippen LogP contribution < -0.4 is 5.32 Å². The molecule has 1 amide bonds. The van der Waals surface area contributed by atoms with E-state index in [1.54, 1.807) is 0 Å². The second-order valence-electron chi connectivity index (χ2n) is 6.18. The van der Waals surface area contributed by atoms with Crippen molar-refractivity contribution in [2.45, 2.75) is 37.7 Å². The Balaban J connectivity index is 1.76. The van der Waals surface area contributed by atoms with Crippen LogP contribution in [0.15, 0.2) is 24.3 Å². The Kier molecular flexibility index (Phi) is 3.42. The van der Waals surface area contributed by atoms with E-state index in [0.717, 1.165) is 24.2 Å². The SMILES string of the molecule is CC1(O)CCN(C(=O)C2CCNc3ccccc32)CC1. The Morgan fingerprint density at radius 2 is 2.05 bits per heavy atom. The molecule has 2 heterocycles. The van der Waals surface area contributed by atoms with Crippen LogP contribution in [0.1, 0.15) is 37.7 Å². The van der Waals surface area contributed by atoms with Gasteiger partial charge in [-0.1, -0.05) is 18.2 Å². The molecule has 1 aromatic carbocycles. The van der Waals surface area contributed by atoms with Gasteiger partial charge >= 0.3 is 0 Å². The maximum atomic E-state index is 12.7. The first kappa shape index (κ1) is 13.4. The summed E-state index contributed by atoms with van der Waals surface area (Å²) < 4.78 is 0. The van der Waals surface area contributed by atoms with E-state index in [4.69, 9.17) is 0 Å². The predicted molar refractivity (Wildman–Crippen MR) is 78.7 cm³/mol. The molecule has 2 aliphatic rings. The smallest absolute Gasteiger partial charge is 0.230 e. The van der Waals surface area contributed by atoms with Gasteiger partial charge in [-0.3, -0.25) is 4.79 Å². The van der Waals surface area contributed by atoms with Crippen LogP contribution in [0.4, 0.5) is 5.69 Å². The number of nitrogens with zero attached hydrogens (tertiary/aromatic N) is 1. The largest absolute Gasteiger partial charge is 0.390 e. The van der Waals surface area contributed by atoms with Crippen molar-refractivity contribution in [2.24, 2.45) is 0 Å². The number of likely N-dealkylation sites (tertiary alicyclic amines) is 1. The zero-order valence-electron chi connectivity index (χ0n) is 11.9. The van der Waals surface area contributed by atoms with E-state index in [9.17, 15) is 9.90 Å². The van der Waals surface area contributed by atoms with Crippen molar-refractivity contribution in [1.82, 2.24) is 4.90 Å². The highest BCUT2D eigenvalue weighted by Gasteiger charge is 2.34. The number of hydrogen-bond acceptors (Lipinski definition) is 3. The lowest BCUT2D eigenvalue weighted by Gasteiger charge is -2.38. The fraction of sp³-hybridized carbons (Fsp3) is 0.562. The lowest BCUT2D eigenvalue weighted by atomic mass is 9.88. The van der Waals surface area contributed by atoms with Gasteiger partial charge in [0.1, 0.15) is 0 Å². The van der Waals surface area contributed by atoms with Crippen molar-refractivity contribution < 1.29 is 9.90 Å². The molecule has 1 atom stereocenters. The average molecular weight is 274 g/mol. The Labute approximate surface area is 119 Å². The van der Waals surface area contributed by atoms with Gasteiger partial charge < -0.3 is 15.3 Å². The number of piperidine rings is 1. The molecule has 3 rings (SSSR count). The number of benzene rings is 1. The topological polar surface area (TPSA) is 52.6 Å². The van der Waals surface area contributed by atoms with Gasteiger partial charge in [-0.15, -0.1) is 0 Å². The molecule has 0 spiro atoms.